The van der Waals surface area contributed by atoms with Crippen molar-refractivity contribution in [2.75, 3.05) is 28.6 Å². The third-order valence-corrected chi connectivity index (χ3v) is 6.40. The minimum Gasteiger partial charge on any atom is -0.497 e. The van der Waals surface area contributed by atoms with Crippen LogP contribution in [0.3, 0.4) is 0 Å². The number of sulfonamides is 1. The lowest BCUT2D eigenvalue weighted by Crippen LogP contribution is -2.21. The second-order valence-electron chi connectivity index (χ2n) is 6.78. The second kappa shape index (κ2) is 7.67. The topological polar surface area (TPSA) is 70.7 Å². The van der Waals surface area contributed by atoms with Gasteiger partial charge < -0.3 is 15.0 Å². The van der Waals surface area contributed by atoms with E-state index >= 15 is 0 Å². The fourth-order valence-electron chi connectivity index (χ4n) is 3.47. The van der Waals surface area contributed by atoms with Gasteiger partial charge in [-0.3, -0.25) is 4.72 Å². The number of fused-ring (bicyclic) bond motifs is 2. The highest BCUT2D eigenvalue weighted by atomic mass is 32.2. The minimum absolute atomic E-state index is 0.178. The summed E-state index contributed by atoms with van der Waals surface area (Å²) in [5, 5.41) is 3.44. The summed E-state index contributed by atoms with van der Waals surface area (Å²) in [7, 11) is -2.20. The van der Waals surface area contributed by atoms with Crippen molar-refractivity contribution < 1.29 is 13.2 Å². The maximum Gasteiger partial charge on any atom is 0.261 e. The van der Waals surface area contributed by atoms with E-state index in [9.17, 15) is 8.42 Å². The van der Waals surface area contributed by atoms with Crippen molar-refractivity contribution in [2.24, 2.45) is 0 Å². The number of anilines is 4. The molecule has 3 aromatic rings. The molecular weight excluding hydrogens is 386 g/mol. The Kier molecular flexibility index (Phi) is 5.07. The molecule has 1 aliphatic heterocycles. The number of hydrogen-bond acceptors (Lipinski definition) is 5. The molecular formula is C22H23N3O3S. The third kappa shape index (κ3) is 3.73. The fraction of sp³-hybridized carbons (Fsp3) is 0.182. The molecule has 0 bridgehead atoms. The smallest absolute Gasteiger partial charge is 0.261 e. The number of benzene rings is 3. The van der Waals surface area contributed by atoms with Gasteiger partial charge in [-0.05, 0) is 55.0 Å². The van der Waals surface area contributed by atoms with Gasteiger partial charge in [-0.25, -0.2) is 8.42 Å². The predicted molar refractivity (Wildman–Crippen MR) is 117 cm³/mol. The molecule has 2 N–H and O–H groups in total. The van der Waals surface area contributed by atoms with E-state index in [1.807, 2.05) is 30.3 Å². The van der Waals surface area contributed by atoms with E-state index in [4.69, 9.17) is 4.74 Å². The number of rotatable bonds is 5. The summed E-state index contributed by atoms with van der Waals surface area (Å²) in [4.78, 5) is 2.40. The zero-order valence-corrected chi connectivity index (χ0v) is 17.2. The largest absolute Gasteiger partial charge is 0.497 e. The highest BCUT2D eigenvalue weighted by molar-refractivity contribution is 7.92. The number of para-hydroxylation sites is 2. The Morgan fingerprint density at radius 1 is 1.03 bits per heavy atom. The van der Waals surface area contributed by atoms with Crippen LogP contribution in [0.2, 0.25) is 0 Å². The van der Waals surface area contributed by atoms with Gasteiger partial charge >= 0.3 is 0 Å². The van der Waals surface area contributed by atoms with E-state index in [-0.39, 0.29) is 4.90 Å². The zero-order valence-electron chi connectivity index (χ0n) is 16.3. The summed E-state index contributed by atoms with van der Waals surface area (Å²) in [6.45, 7) is 3.64. The van der Waals surface area contributed by atoms with Crippen LogP contribution in [-0.4, -0.2) is 22.1 Å². The molecule has 29 heavy (non-hydrogen) atoms. The van der Waals surface area contributed by atoms with Crippen molar-refractivity contribution in [3.63, 3.8) is 0 Å². The first-order chi connectivity index (χ1) is 14.0. The van der Waals surface area contributed by atoms with E-state index in [0.29, 0.717) is 11.4 Å². The van der Waals surface area contributed by atoms with Crippen LogP contribution in [-0.2, 0) is 16.6 Å². The first kappa shape index (κ1) is 19.1. The van der Waals surface area contributed by atoms with Crippen molar-refractivity contribution in [3.05, 3.63) is 72.3 Å². The number of methoxy groups -OCH3 is 1. The molecule has 7 heteroatoms. The van der Waals surface area contributed by atoms with Crippen LogP contribution in [0.25, 0.3) is 0 Å². The third-order valence-electron chi connectivity index (χ3n) is 5.02. The Morgan fingerprint density at radius 3 is 2.52 bits per heavy atom. The molecule has 0 aliphatic carbocycles. The lowest BCUT2D eigenvalue weighted by molar-refractivity contribution is 0.414. The maximum atomic E-state index is 13.0. The Morgan fingerprint density at radius 2 is 1.79 bits per heavy atom. The Labute approximate surface area is 171 Å². The molecule has 0 unspecified atom stereocenters. The molecule has 0 saturated carbocycles. The highest BCUT2D eigenvalue weighted by Crippen LogP contribution is 2.41. The molecule has 4 rings (SSSR count). The molecule has 150 valence electrons. The summed E-state index contributed by atoms with van der Waals surface area (Å²) in [5.74, 6) is 0.606. The van der Waals surface area contributed by atoms with E-state index in [1.54, 1.807) is 25.3 Å². The molecule has 1 heterocycles. The van der Waals surface area contributed by atoms with Crippen molar-refractivity contribution in [2.45, 2.75) is 18.4 Å². The van der Waals surface area contributed by atoms with Crippen LogP contribution in [0, 0.1) is 0 Å². The second-order valence-corrected chi connectivity index (χ2v) is 8.46. The van der Waals surface area contributed by atoms with Crippen LogP contribution in [0.15, 0.2) is 71.6 Å². The monoisotopic (exact) mass is 409 g/mol. The van der Waals surface area contributed by atoms with Gasteiger partial charge in [0, 0.05) is 18.8 Å². The van der Waals surface area contributed by atoms with Crippen LogP contribution in [0.4, 0.5) is 22.7 Å². The molecule has 0 aromatic heterocycles. The molecule has 0 amide bonds. The Hall–Kier alpha value is -3.19. The van der Waals surface area contributed by atoms with Gasteiger partial charge in [0.2, 0.25) is 0 Å². The fourth-order valence-corrected chi connectivity index (χ4v) is 4.54. The highest BCUT2D eigenvalue weighted by Gasteiger charge is 2.23. The lowest BCUT2D eigenvalue weighted by Gasteiger charge is -2.24. The Balaban J connectivity index is 1.75. The lowest BCUT2D eigenvalue weighted by atomic mass is 10.1. The average molecular weight is 410 g/mol. The molecule has 0 fully saturated rings. The average Bonchev–Trinajstić information content (AvgIpc) is 2.90. The summed E-state index contributed by atoms with van der Waals surface area (Å²) < 4.78 is 33.8. The van der Waals surface area contributed by atoms with Crippen molar-refractivity contribution in [1.29, 1.82) is 0 Å². The first-order valence-corrected chi connectivity index (χ1v) is 10.9. The predicted octanol–water partition coefficient (Wildman–Crippen LogP) is 4.58. The van der Waals surface area contributed by atoms with Gasteiger partial charge in [-0.1, -0.05) is 24.3 Å². The minimum atomic E-state index is -3.75. The quantitative estimate of drug-likeness (QED) is 0.645. The summed E-state index contributed by atoms with van der Waals surface area (Å²) in [6.07, 6.45) is 0. The number of hydrogen-bond donors (Lipinski definition) is 2. The molecule has 1 aliphatic rings. The standard InChI is InChI=1S/C22H23N3O3S/c1-3-25-15-16-7-4-5-8-19(16)23-22-20(9-6-10-21(22)25)24-29(26,27)18-13-11-17(28-2)12-14-18/h4-14,23-24H,3,15H2,1-2H3. The van der Waals surface area contributed by atoms with E-state index in [2.05, 4.69) is 27.9 Å². The van der Waals surface area contributed by atoms with Crippen LogP contribution >= 0.6 is 0 Å². The van der Waals surface area contributed by atoms with E-state index in [0.717, 1.165) is 35.7 Å². The number of ether oxygens (including phenoxy) is 1. The maximum absolute atomic E-state index is 13.0. The Bertz CT molecular complexity index is 1130. The molecule has 0 saturated heterocycles. The van der Waals surface area contributed by atoms with Gasteiger partial charge in [0.1, 0.15) is 5.75 Å². The van der Waals surface area contributed by atoms with Crippen molar-refractivity contribution >= 4 is 32.8 Å². The van der Waals surface area contributed by atoms with E-state index in [1.165, 1.54) is 12.1 Å². The van der Waals surface area contributed by atoms with Gasteiger partial charge in [0.15, 0.2) is 0 Å². The molecule has 6 nitrogen and oxygen atoms in total. The van der Waals surface area contributed by atoms with Crippen molar-refractivity contribution in [3.8, 4) is 5.75 Å². The summed E-state index contributed by atoms with van der Waals surface area (Å²) >= 11 is 0. The molecule has 0 radical (unpaired) electrons. The van der Waals surface area contributed by atoms with Gasteiger partial charge in [-0.2, -0.15) is 0 Å². The normalized spacial score (nSPS) is 13.0. The van der Waals surface area contributed by atoms with Crippen LogP contribution in [0.1, 0.15) is 12.5 Å². The SMILES string of the molecule is CCN1Cc2ccccc2Nc2c(NS(=O)(=O)c3ccc(OC)cc3)cccc21. The van der Waals surface area contributed by atoms with E-state index < -0.39 is 10.0 Å². The molecule has 3 aromatic carbocycles. The summed E-state index contributed by atoms with van der Waals surface area (Å²) in [5.41, 5.74) is 4.35. The molecule has 0 spiro atoms. The van der Waals surface area contributed by atoms with Crippen LogP contribution < -0.4 is 19.7 Å². The van der Waals surface area contributed by atoms with Gasteiger partial charge in [-0.15, -0.1) is 0 Å². The number of nitrogens with one attached hydrogen (secondary N) is 2. The first-order valence-electron chi connectivity index (χ1n) is 9.41. The number of nitrogens with zero attached hydrogens (tertiary/aromatic N) is 1. The zero-order chi connectivity index (χ0) is 20.4. The van der Waals surface area contributed by atoms with Gasteiger partial charge in [0.25, 0.3) is 10.0 Å². The molecule has 0 atom stereocenters. The van der Waals surface area contributed by atoms with Gasteiger partial charge in [0.05, 0.1) is 29.1 Å². The van der Waals surface area contributed by atoms with Crippen molar-refractivity contribution in [1.82, 2.24) is 0 Å². The van der Waals surface area contributed by atoms with Crippen LogP contribution in [0.5, 0.6) is 5.75 Å². The summed E-state index contributed by atoms with van der Waals surface area (Å²) in [6, 6.07) is 20.0.